The molecule has 5 heterocycles. The first kappa shape index (κ1) is 28.5. The van der Waals surface area contributed by atoms with Crippen LogP contribution in [0.3, 0.4) is 0 Å². The summed E-state index contributed by atoms with van der Waals surface area (Å²) in [6.45, 7) is 4.82. The summed E-state index contributed by atoms with van der Waals surface area (Å²) in [6.07, 6.45) is 4.53. The highest BCUT2D eigenvalue weighted by molar-refractivity contribution is 6.18. The Balaban J connectivity index is 1.53. The third-order valence-electron chi connectivity index (χ3n) is 8.19. The number of nitrogens with one attached hydrogen (secondary N) is 2. The van der Waals surface area contributed by atoms with Crippen LogP contribution in [0.25, 0.3) is 44.1 Å². The largest absolute Gasteiger partial charge is 0.477 e. The average molecular weight is 591 g/mol. The molecule has 0 aliphatic carbocycles. The van der Waals surface area contributed by atoms with Crippen LogP contribution in [0.2, 0.25) is 0 Å². The summed E-state index contributed by atoms with van der Waals surface area (Å²) in [4.78, 5) is 44.0. The van der Waals surface area contributed by atoms with Crippen LogP contribution >= 0.6 is 0 Å². The number of likely N-dealkylation sites (N-methyl/N-ethyl adjacent to an activating group) is 1. The second-order valence-electron chi connectivity index (χ2n) is 11.1. The second-order valence-corrected chi connectivity index (χ2v) is 11.1. The highest BCUT2D eigenvalue weighted by Crippen LogP contribution is 2.42. The molecule has 13 heteroatoms. The van der Waals surface area contributed by atoms with Gasteiger partial charge in [-0.15, -0.1) is 0 Å². The molecule has 0 spiro atoms. The van der Waals surface area contributed by atoms with E-state index in [1.165, 1.54) is 6.20 Å². The molecular weight excluding hydrogens is 558 g/mol. The first-order valence-electron chi connectivity index (χ1n) is 13.9. The zero-order valence-corrected chi connectivity index (χ0v) is 24.3. The first-order valence-corrected chi connectivity index (χ1v) is 13.9. The number of aromatic carboxylic acids is 1. The van der Waals surface area contributed by atoms with Crippen molar-refractivity contribution in [2.75, 3.05) is 71.1 Å². The summed E-state index contributed by atoms with van der Waals surface area (Å²) < 4.78 is 31.7. The Labute approximate surface area is 245 Å². The third kappa shape index (κ3) is 4.83. The van der Waals surface area contributed by atoms with Crippen molar-refractivity contribution in [1.29, 1.82) is 0 Å². The number of carboxylic acids is 1. The third-order valence-corrected chi connectivity index (χ3v) is 8.19. The maximum atomic E-state index is 15.3. The van der Waals surface area contributed by atoms with Crippen LogP contribution in [0.5, 0.6) is 0 Å². The van der Waals surface area contributed by atoms with Gasteiger partial charge in [0.1, 0.15) is 16.9 Å². The van der Waals surface area contributed by atoms with Crippen LogP contribution in [0, 0.1) is 11.6 Å². The Morgan fingerprint density at radius 2 is 1.84 bits per heavy atom. The van der Waals surface area contributed by atoms with Crippen LogP contribution in [0.1, 0.15) is 10.4 Å². The Bertz CT molecular complexity index is 1960. The molecule has 0 unspecified atom stereocenters. The quantitative estimate of drug-likeness (QED) is 0.262. The predicted molar refractivity (Wildman–Crippen MR) is 163 cm³/mol. The van der Waals surface area contributed by atoms with E-state index in [9.17, 15) is 19.1 Å². The van der Waals surface area contributed by atoms with E-state index in [1.54, 1.807) is 49.1 Å². The van der Waals surface area contributed by atoms with Crippen LogP contribution < -0.4 is 15.6 Å². The molecule has 11 nitrogen and oxygen atoms in total. The van der Waals surface area contributed by atoms with Gasteiger partial charge in [-0.2, -0.15) is 0 Å². The summed E-state index contributed by atoms with van der Waals surface area (Å²) in [5.74, 6) is -3.33. The van der Waals surface area contributed by atoms with E-state index < -0.39 is 23.0 Å². The molecule has 0 saturated carbocycles. The fourth-order valence-corrected chi connectivity index (χ4v) is 5.88. The van der Waals surface area contributed by atoms with E-state index in [0.717, 1.165) is 32.2 Å². The molecule has 5 aromatic rings. The lowest BCUT2D eigenvalue weighted by atomic mass is 10.0. The standard InChI is InChI=1S/C30H32F2N8O3/c1-33-21-12-20(31)24(32)22-23-26(37(2)3)18(14-34-28(23)36-25(21)22)16-11-17-27(41)19(30(42)43)15-40(29(17)35-13-16)10-9-39-7-5-38(4)6-8-39/h11-15,33H,5-10H2,1-4H3,(H,34,36)(H,42,43). The Kier molecular flexibility index (Phi) is 7.22. The van der Waals surface area contributed by atoms with Crippen LogP contribution in [0.15, 0.2) is 35.5 Å². The van der Waals surface area contributed by atoms with Crippen molar-refractivity contribution in [3.05, 3.63) is 58.1 Å². The molecule has 0 amide bonds. The van der Waals surface area contributed by atoms with Gasteiger partial charge in [0.15, 0.2) is 11.6 Å². The topological polar surface area (TPSA) is 123 Å². The van der Waals surface area contributed by atoms with Crippen molar-refractivity contribution >= 4 is 50.3 Å². The van der Waals surface area contributed by atoms with Crippen LogP contribution in [-0.2, 0) is 6.54 Å². The van der Waals surface area contributed by atoms with Gasteiger partial charge in [-0.3, -0.25) is 9.69 Å². The number of H-pyrrole nitrogens is 1. The number of carboxylic acid groups (broad SMARTS) is 1. The summed E-state index contributed by atoms with van der Waals surface area (Å²) in [5, 5.41) is 13.3. The van der Waals surface area contributed by atoms with Crippen molar-refractivity contribution < 1.29 is 18.7 Å². The second kappa shape index (κ2) is 10.9. The Morgan fingerprint density at radius 1 is 1.09 bits per heavy atom. The van der Waals surface area contributed by atoms with Gasteiger partial charge >= 0.3 is 5.97 Å². The molecule has 4 aromatic heterocycles. The number of fused-ring (bicyclic) bond motifs is 4. The van der Waals surface area contributed by atoms with Gasteiger partial charge in [-0.05, 0) is 13.1 Å². The van der Waals surface area contributed by atoms with Gasteiger partial charge in [0, 0.05) is 96.2 Å². The van der Waals surface area contributed by atoms with Crippen molar-refractivity contribution in [2.45, 2.75) is 6.54 Å². The average Bonchev–Trinajstić information content (AvgIpc) is 3.38. The Morgan fingerprint density at radius 3 is 2.51 bits per heavy atom. The molecule has 0 bridgehead atoms. The molecule has 1 aliphatic rings. The normalized spacial score (nSPS) is 14.7. The van der Waals surface area contributed by atoms with Gasteiger partial charge in [-0.1, -0.05) is 0 Å². The highest BCUT2D eigenvalue weighted by Gasteiger charge is 2.24. The predicted octanol–water partition coefficient (Wildman–Crippen LogP) is 3.42. The van der Waals surface area contributed by atoms with E-state index >= 15 is 4.39 Å². The molecule has 6 rings (SSSR count). The number of aromatic nitrogens is 4. The van der Waals surface area contributed by atoms with Gasteiger partial charge in [0.05, 0.1) is 33.1 Å². The number of halogens is 2. The first-order chi connectivity index (χ1) is 20.6. The number of hydrogen-bond acceptors (Lipinski definition) is 8. The van der Waals surface area contributed by atoms with Crippen LogP contribution in [-0.4, -0.2) is 101 Å². The molecule has 1 aliphatic heterocycles. The number of rotatable bonds is 7. The monoisotopic (exact) mass is 590 g/mol. The summed E-state index contributed by atoms with van der Waals surface area (Å²) >= 11 is 0. The van der Waals surface area contributed by atoms with Gasteiger partial charge < -0.3 is 29.8 Å². The van der Waals surface area contributed by atoms with E-state index in [0.29, 0.717) is 57.8 Å². The number of nitrogens with zero attached hydrogens (tertiary/aromatic N) is 6. The van der Waals surface area contributed by atoms with E-state index in [4.69, 9.17) is 0 Å². The van der Waals surface area contributed by atoms with E-state index in [1.807, 2.05) is 0 Å². The number of benzene rings is 1. The smallest absolute Gasteiger partial charge is 0.341 e. The summed E-state index contributed by atoms with van der Waals surface area (Å²) in [6, 6.07) is 2.69. The fraction of sp³-hybridized carbons (Fsp3) is 0.333. The number of hydrogen-bond donors (Lipinski definition) is 3. The lowest BCUT2D eigenvalue weighted by Crippen LogP contribution is -2.45. The van der Waals surface area contributed by atoms with E-state index in [-0.39, 0.29) is 16.3 Å². The summed E-state index contributed by atoms with van der Waals surface area (Å²) in [7, 11) is 7.24. The minimum absolute atomic E-state index is 0.0468. The Hall–Kier alpha value is -4.62. The minimum atomic E-state index is -1.32. The molecule has 0 atom stereocenters. The zero-order valence-electron chi connectivity index (χ0n) is 24.3. The minimum Gasteiger partial charge on any atom is -0.477 e. The zero-order chi connectivity index (χ0) is 30.6. The number of carbonyl (C=O) groups is 1. The van der Waals surface area contributed by atoms with Gasteiger partial charge in [0.25, 0.3) is 0 Å². The van der Waals surface area contributed by atoms with Crippen molar-refractivity contribution in [3.8, 4) is 11.1 Å². The lowest BCUT2D eigenvalue weighted by molar-refractivity contribution is 0.0694. The highest BCUT2D eigenvalue weighted by atomic mass is 19.2. The molecule has 224 valence electrons. The molecule has 3 N–H and O–H groups in total. The number of pyridine rings is 3. The number of anilines is 2. The maximum Gasteiger partial charge on any atom is 0.341 e. The summed E-state index contributed by atoms with van der Waals surface area (Å²) in [5.41, 5.74) is 2.02. The maximum absolute atomic E-state index is 15.3. The molecule has 43 heavy (non-hydrogen) atoms. The van der Waals surface area contributed by atoms with Crippen molar-refractivity contribution in [3.63, 3.8) is 0 Å². The van der Waals surface area contributed by atoms with E-state index in [2.05, 4.69) is 37.1 Å². The van der Waals surface area contributed by atoms with Gasteiger partial charge in [-0.25, -0.2) is 23.5 Å². The molecule has 1 fully saturated rings. The fourth-order valence-electron chi connectivity index (χ4n) is 5.88. The lowest BCUT2D eigenvalue weighted by Gasteiger charge is -2.32. The molecular formula is C30H32F2N8O3. The number of aromatic amines is 1. The number of piperazine rings is 1. The molecule has 0 radical (unpaired) electrons. The SMILES string of the molecule is CNc1cc(F)c(F)c2c1[nH]c1ncc(-c3cnc4c(c3)c(=O)c(C(=O)O)cn4CCN3CCN(C)CC3)c(N(C)C)c12. The molecule has 1 aromatic carbocycles. The van der Waals surface area contributed by atoms with Gasteiger partial charge in [0.2, 0.25) is 5.43 Å². The van der Waals surface area contributed by atoms with Crippen molar-refractivity contribution in [1.82, 2.24) is 29.3 Å². The molecule has 1 saturated heterocycles. The van der Waals surface area contributed by atoms with Crippen LogP contribution in [0.4, 0.5) is 20.2 Å². The van der Waals surface area contributed by atoms with Crippen molar-refractivity contribution in [2.24, 2.45) is 0 Å².